The SMILES string of the molecule is CCCCC1CCCCOP(=O)(O)O1. The van der Waals surface area contributed by atoms with Gasteiger partial charge in [-0.2, -0.15) is 0 Å². The smallest absolute Gasteiger partial charge is 0.302 e. The average Bonchev–Trinajstić information content (AvgIpc) is 2.09. The van der Waals surface area contributed by atoms with Gasteiger partial charge in [0.2, 0.25) is 0 Å². The third-order valence-electron chi connectivity index (χ3n) is 2.34. The summed E-state index contributed by atoms with van der Waals surface area (Å²) in [5.41, 5.74) is 0. The molecule has 0 aromatic heterocycles. The van der Waals surface area contributed by atoms with Gasteiger partial charge in [0.05, 0.1) is 12.7 Å². The van der Waals surface area contributed by atoms with E-state index in [4.69, 9.17) is 9.05 Å². The lowest BCUT2D eigenvalue weighted by Gasteiger charge is -2.23. The van der Waals surface area contributed by atoms with Crippen molar-refractivity contribution in [3.05, 3.63) is 0 Å². The van der Waals surface area contributed by atoms with Crippen molar-refractivity contribution in [1.82, 2.24) is 0 Å². The molecule has 0 amide bonds. The van der Waals surface area contributed by atoms with Crippen LogP contribution in [-0.4, -0.2) is 17.6 Å². The van der Waals surface area contributed by atoms with Gasteiger partial charge in [0.15, 0.2) is 0 Å². The van der Waals surface area contributed by atoms with Gasteiger partial charge < -0.3 is 4.89 Å². The van der Waals surface area contributed by atoms with Crippen LogP contribution in [0.2, 0.25) is 0 Å². The van der Waals surface area contributed by atoms with Gasteiger partial charge in [-0.3, -0.25) is 9.05 Å². The molecule has 0 spiro atoms. The predicted molar refractivity (Wildman–Crippen MR) is 54.0 cm³/mol. The highest BCUT2D eigenvalue weighted by Gasteiger charge is 2.27. The third kappa shape index (κ3) is 4.56. The fraction of sp³-hybridized carbons (Fsp3) is 1.00. The van der Waals surface area contributed by atoms with Crippen LogP contribution in [0, 0.1) is 0 Å². The van der Waals surface area contributed by atoms with Crippen LogP contribution in [0.25, 0.3) is 0 Å². The molecule has 0 bridgehead atoms. The Bertz CT molecular complexity index is 205. The maximum absolute atomic E-state index is 11.3. The summed E-state index contributed by atoms with van der Waals surface area (Å²) < 4.78 is 21.1. The summed E-state index contributed by atoms with van der Waals surface area (Å²) in [5, 5.41) is 0. The van der Waals surface area contributed by atoms with E-state index in [0.717, 1.165) is 38.5 Å². The van der Waals surface area contributed by atoms with Gasteiger partial charge >= 0.3 is 7.82 Å². The molecule has 1 fully saturated rings. The molecule has 0 saturated carbocycles. The molecule has 1 aliphatic heterocycles. The van der Waals surface area contributed by atoms with Crippen LogP contribution in [-0.2, 0) is 13.6 Å². The van der Waals surface area contributed by atoms with Gasteiger partial charge in [0.25, 0.3) is 0 Å². The first-order valence-corrected chi connectivity index (χ1v) is 6.79. The normalized spacial score (nSPS) is 34.9. The lowest BCUT2D eigenvalue weighted by Crippen LogP contribution is -2.15. The standard InChI is InChI=1S/C9H19O4P/c1-2-3-6-9-7-4-5-8-12-14(10,11)13-9/h9H,2-8H2,1H3,(H,10,11). The zero-order chi connectivity index (χ0) is 10.4. The molecule has 84 valence electrons. The van der Waals surface area contributed by atoms with Crippen molar-refractivity contribution < 1.29 is 18.5 Å². The second-order valence-corrected chi connectivity index (χ2v) is 5.07. The first-order valence-electron chi connectivity index (χ1n) is 5.30. The maximum atomic E-state index is 11.3. The van der Waals surface area contributed by atoms with Gasteiger partial charge in [0, 0.05) is 0 Å². The second kappa shape index (κ2) is 5.86. The predicted octanol–water partition coefficient (Wildman–Crippen LogP) is 2.86. The minimum atomic E-state index is -3.75. The van der Waals surface area contributed by atoms with Gasteiger partial charge in [-0.1, -0.05) is 19.8 Å². The molecular weight excluding hydrogens is 203 g/mol. The monoisotopic (exact) mass is 222 g/mol. The Hall–Kier alpha value is 0.110. The van der Waals surface area contributed by atoms with Crippen LogP contribution < -0.4 is 0 Å². The number of phosphoric acid groups is 1. The second-order valence-electron chi connectivity index (χ2n) is 3.67. The van der Waals surface area contributed by atoms with Gasteiger partial charge in [0.1, 0.15) is 0 Å². The summed E-state index contributed by atoms with van der Waals surface area (Å²) in [4.78, 5) is 9.26. The largest absolute Gasteiger partial charge is 0.472 e. The topological polar surface area (TPSA) is 55.8 Å². The lowest BCUT2D eigenvalue weighted by molar-refractivity contribution is 0.0760. The molecule has 0 aliphatic carbocycles. The van der Waals surface area contributed by atoms with E-state index in [-0.39, 0.29) is 6.10 Å². The molecule has 0 aromatic carbocycles. The zero-order valence-corrected chi connectivity index (χ0v) is 9.54. The van der Waals surface area contributed by atoms with Crippen LogP contribution in [0.3, 0.4) is 0 Å². The Morgan fingerprint density at radius 2 is 2.29 bits per heavy atom. The van der Waals surface area contributed by atoms with E-state index in [9.17, 15) is 9.46 Å². The molecule has 1 aliphatic rings. The molecule has 0 radical (unpaired) electrons. The van der Waals surface area contributed by atoms with E-state index in [1.165, 1.54) is 0 Å². The van der Waals surface area contributed by atoms with Crippen molar-refractivity contribution in [3.8, 4) is 0 Å². The number of hydrogen-bond donors (Lipinski definition) is 1. The van der Waals surface area contributed by atoms with Crippen molar-refractivity contribution in [2.24, 2.45) is 0 Å². The van der Waals surface area contributed by atoms with Gasteiger partial charge in [-0.05, 0) is 25.7 Å². The highest BCUT2D eigenvalue weighted by Crippen LogP contribution is 2.47. The van der Waals surface area contributed by atoms with Crippen LogP contribution in [0.4, 0.5) is 0 Å². The molecule has 1 N–H and O–H groups in total. The first-order chi connectivity index (χ1) is 6.64. The fourth-order valence-electron chi connectivity index (χ4n) is 1.55. The highest BCUT2D eigenvalue weighted by molar-refractivity contribution is 7.47. The summed E-state index contributed by atoms with van der Waals surface area (Å²) in [7, 11) is -3.75. The summed E-state index contributed by atoms with van der Waals surface area (Å²) in [6, 6.07) is 0. The zero-order valence-electron chi connectivity index (χ0n) is 8.65. The van der Waals surface area contributed by atoms with E-state index in [0.29, 0.717) is 6.61 Å². The summed E-state index contributed by atoms with van der Waals surface area (Å²) in [6.07, 6.45) is 5.58. The van der Waals surface area contributed by atoms with Crippen molar-refractivity contribution in [3.63, 3.8) is 0 Å². The minimum Gasteiger partial charge on any atom is -0.302 e. The molecule has 1 heterocycles. The Balaban J connectivity index is 2.42. The molecule has 1 rings (SSSR count). The van der Waals surface area contributed by atoms with Crippen molar-refractivity contribution in [2.75, 3.05) is 6.61 Å². The maximum Gasteiger partial charge on any atom is 0.472 e. The molecular formula is C9H19O4P. The van der Waals surface area contributed by atoms with Gasteiger partial charge in [-0.15, -0.1) is 0 Å². The van der Waals surface area contributed by atoms with E-state index in [1.807, 2.05) is 0 Å². The lowest BCUT2D eigenvalue weighted by atomic mass is 10.1. The van der Waals surface area contributed by atoms with E-state index in [1.54, 1.807) is 0 Å². The van der Waals surface area contributed by atoms with Crippen molar-refractivity contribution in [2.45, 2.75) is 51.6 Å². The van der Waals surface area contributed by atoms with Crippen LogP contribution >= 0.6 is 7.82 Å². The minimum absolute atomic E-state index is 0.105. The van der Waals surface area contributed by atoms with E-state index >= 15 is 0 Å². The quantitative estimate of drug-likeness (QED) is 0.746. The van der Waals surface area contributed by atoms with E-state index < -0.39 is 7.82 Å². The highest BCUT2D eigenvalue weighted by atomic mass is 31.2. The Labute approximate surface area is 85.2 Å². The fourth-order valence-corrected chi connectivity index (χ4v) is 2.56. The summed E-state index contributed by atoms with van der Waals surface area (Å²) in [6.45, 7) is 2.42. The molecule has 14 heavy (non-hydrogen) atoms. The molecule has 1 saturated heterocycles. The third-order valence-corrected chi connectivity index (χ3v) is 3.41. The summed E-state index contributed by atoms with van der Waals surface area (Å²) >= 11 is 0. The number of hydrogen-bond acceptors (Lipinski definition) is 3. The van der Waals surface area contributed by atoms with Crippen molar-refractivity contribution in [1.29, 1.82) is 0 Å². The Kier molecular flexibility index (Phi) is 5.10. The number of phosphoric ester groups is 1. The van der Waals surface area contributed by atoms with Crippen LogP contribution in [0.5, 0.6) is 0 Å². The molecule has 5 heteroatoms. The Morgan fingerprint density at radius 1 is 1.50 bits per heavy atom. The molecule has 0 aromatic rings. The summed E-state index contributed by atoms with van der Waals surface area (Å²) in [5.74, 6) is 0. The van der Waals surface area contributed by atoms with Crippen LogP contribution in [0.1, 0.15) is 45.4 Å². The van der Waals surface area contributed by atoms with Gasteiger partial charge in [-0.25, -0.2) is 4.57 Å². The van der Waals surface area contributed by atoms with Crippen LogP contribution in [0.15, 0.2) is 0 Å². The molecule has 4 nitrogen and oxygen atoms in total. The number of rotatable bonds is 3. The molecule has 2 unspecified atom stereocenters. The number of unbranched alkanes of at least 4 members (excludes halogenated alkanes) is 1. The Morgan fingerprint density at radius 3 is 3.00 bits per heavy atom. The first kappa shape index (κ1) is 12.2. The molecule has 2 atom stereocenters. The van der Waals surface area contributed by atoms with E-state index in [2.05, 4.69) is 6.92 Å². The van der Waals surface area contributed by atoms with Crippen molar-refractivity contribution >= 4 is 7.82 Å². The average molecular weight is 222 g/mol.